The molecule has 1 spiro atoms. The third kappa shape index (κ3) is 4.36. The molecule has 2 N–H and O–H groups in total. The van der Waals surface area contributed by atoms with Gasteiger partial charge in [-0.15, -0.1) is 0 Å². The fourth-order valence-electron chi connectivity index (χ4n) is 8.46. The van der Waals surface area contributed by atoms with E-state index < -0.39 is 82.6 Å². The highest BCUT2D eigenvalue weighted by Gasteiger charge is 2.65. The van der Waals surface area contributed by atoms with Crippen LogP contribution in [-0.4, -0.2) is 77.0 Å². The van der Waals surface area contributed by atoms with Gasteiger partial charge in [-0.3, -0.25) is 19.2 Å². The highest BCUT2D eigenvalue weighted by molar-refractivity contribution is 6.07. The minimum Gasteiger partial charge on any atom is -0.336 e. The second-order valence-electron chi connectivity index (χ2n) is 13.9. The Kier molecular flexibility index (Phi) is 6.79. The quantitative estimate of drug-likeness (QED) is 0.503. The van der Waals surface area contributed by atoms with E-state index in [1.807, 2.05) is 6.07 Å². The van der Waals surface area contributed by atoms with Crippen LogP contribution in [0.4, 0.5) is 27.6 Å². The summed E-state index contributed by atoms with van der Waals surface area (Å²) in [7, 11) is 0. The van der Waals surface area contributed by atoms with Gasteiger partial charge < -0.3 is 20.4 Å². The van der Waals surface area contributed by atoms with Crippen LogP contribution in [0.3, 0.4) is 0 Å². The van der Waals surface area contributed by atoms with E-state index in [9.17, 15) is 42.0 Å². The first-order valence-electron chi connectivity index (χ1n) is 14.6. The molecule has 4 fully saturated rings. The van der Waals surface area contributed by atoms with E-state index in [0.717, 1.165) is 4.90 Å². The predicted molar refractivity (Wildman–Crippen MR) is 143 cm³/mol. The van der Waals surface area contributed by atoms with Gasteiger partial charge in [-0.2, -0.15) is 18.4 Å². The van der Waals surface area contributed by atoms with Gasteiger partial charge in [0, 0.05) is 19.5 Å². The number of nitriles is 1. The zero-order chi connectivity index (χ0) is 32.1. The lowest BCUT2D eigenvalue weighted by atomic mass is 9.77. The standard InChI is InChI=1S/C30H32F5N5O4/c1-28(2,3)23(38-27(44)30(33,34)35)25(42)39-11-16-13-7-15(19(32)8-13)20(16)22(39)24(41)40-12-29(9-14(40)10-36)17-5-4-6-18(31)21(17)37-26(29)43/h4-6,13-16,19-20,22-23H,7-9,11-12H2,1-3H3,(H,37,43)(H,38,44). The first-order chi connectivity index (χ1) is 20.5. The van der Waals surface area contributed by atoms with Crippen molar-refractivity contribution in [1.29, 1.82) is 5.26 Å². The molecule has 1 aromatic carbocycles. The van der Waals surface area contributed by atoms with Gasteiger partial charge in [0.15, 0.2) is 0 Å². The Morgan fingerprint density at radius 1 is 1.14 bits per heavy atom. The van der Waals surface area contributed by atoms with Gasteiger partial charge >= 0.3 is 12.1 Å². The number of rotatable bonds is 3. The summed E-state index contributed by atoms with van der Waals surface area (Å²) in [6.45, 7) is 4.11. The lowest BCUT2D eigenvalue weighted by Gasteiger charge is -2.38. The van der Waals surface area contributed by atoms with Crippen LogP contribution in [0.1, 0.15) is 45.6 Å². The van der Waals surface area contributed by atoms with Gasteiger partial charge in [0.25, 0.3) is 0 Å². The van der Waals surface area contributed by atoms with Crippen molar-refractivity contribution in [1.82, 2.24) is 15.1 Å². The average molecular weight is 622 g/mol. The summed E-state index contributed by atoms with van der Waals surface area (Å²) < 4.78 is 69.5. The molecule has 2 aliphatic carbocycles. The maximum atomic E-state index is 15.1. The predicted octanol–water partition coefficient (Wildman–Crippen LogP) is 3.05. The summed E-state index contributed by atoms with van der Waals surface area (Å²) in [6, 6.07) is 2.03. The van der Waals surface area contributed by atoms with Crippen molar-refractivity contribution in [2.75, 3.05) is 18.4 Å². The van der Waals surface area contributed by atoms with Crippen LogP contribution in [0.25, 0.3) is 0 Å². The molecule has 4 amide bonds. The Balaban J connectivity index is 1.37. The van der Waals surface area contributed by atoms with Crippen LogP contribution in [0, 0.1) is 46.2 Å². The number of fused-ring (bicyclic) bond motifs is 7. The minimum absolute atomic E-state index is 0.0208. The molecular weight excluding hydrogens is 589 g/mol. The highest BCUT2D eigenvalue weighted by Crippen LogP contribution is 2.59. The number of nitrogens with zero attached hydrogens (tertiary/aromatic N) is 3. The second kappa shape index (κ2) is 9.87. The van der Waals surface area contributed by atoms with Crippen LogP contribution < -0.4 is 10.6 Å². The summed E-state index contributed by atoms with van der Waals surface area (Å²) in [5, 5.41) is 14.4. The van der Waals surface area contributed by atoms with Crippen molar-refractivity contribution < 1.29 is 41.1 Å². The maximum Gasteiger partial charge on any atom is 0.471 e. The third-order valence-electron chi connectivity index (χ3n) is 10.4. The molecule has 9 unspecified atom stereocenters. The van der Waals surface area contributed by atoms with E-state index in [4.69, 9.17) is 0 Å². The zero-order valence-electron chi connectivity index (χ0n) is 24.3. The van der Waals surface area contributed by atoms with Crippen LogP contribution in [0.2, 0.25) is 0 Å². The van der Waals surface area contributed by atoms with Crippen LogP contribution in [0.15, 0.2) is 18.2 Å². The molecule has 5 aliphatic rings. The molecule has 14 heteroatoms. The number of amides is 4. The first kappa shape index (κ1) is 30.3. The number of nitrogens with one attached hydrogen (secondary N) is 2. The number of hydrogen-bond acceptors (Lipinski definition) is 5. The van der Waals surface area contributed by atoms with Crippen molar-refractivity contribution in [2.45, 2.75) is 75.9 Å². The number of likely N-dealkylation sites (tertiary alicyclic amines) is 2. The molecule has 2 saturated carbocycles. The van der Waals surface area contributed by atoms with E-state index in [1.165, 1.54) is 37.8 Å². The normalized spacial score (nSPS) is 34.5. The topological polar surface area (TPSA) is 123 Å². The molecule has 2 saturated heterocycles. The monoisotopic (exact) mass is 621 g/mol. The summed E-state index contributed by atoms with van der Waals surface area (Å²) in [6.07, 6.45) is -5.89. The van der Waals surface area contributed by atoms with E-state index in [2.05, 4.69) is 5.32 Å². The molecule has 6 rings (SSSR count). The Hall–Kier alpha value is -3.76. The van der Waals surface area contributed by atoms with E-state index in [1.54, 1.807) is 11.4 Å². The number of halogens is 5. The Bertz CT molecular complexity index is 1490. The van der Waals surface area contributed by atoms with E-state index in [-0.39, 0.29) is 43.5 Å². The lowest BCUT2D eigenvalue weighted by molar-refractivity contribution is -0.176. The molecule has 9 nitrogen and oxygen atoms in total. The molecule has 1 aromatic rings. The van der Waals surface area contributed by atoms with Crippen molar-refractivity contribution in [2.24, 2.45) is 29.1 Å². The molecule has 3 heterocycles. The number of benzene rings is 1. The van der Waals surface area contributed by atoms with Gasteiger partial charge in [-0.1, -0.05) is 32.9 Å². The van der Waals surface area contributed by atoms with Crippen LogP contribution in [-0.2, 0) is 24.6 Å². The first-order valence-corrected chi connectivity index (χ1v) is 14.6. The van der Waals surface area contributed by atoms with Crippen molar-refractivity contribution in [3.63, 3.8) is 0 Å². The highest BCUT2D eigenvalue weighted by atomic mass is 19.4. The van der Waals surface area contributed by atoms with Gasteiger partial charge in [0.05, 0.1) is 17.2 Å². The number of carbonyl (C=O) groups excluding carboxylic acids is 4. The summed E-state index contributed by atoms with van der Waals surface area (Å²) in [5.41, 5.74) is -2.38. The smallest absolute Gasteiger partial charge is 0.336 e. The summed E-state index contributed by atoms with van der Waals surface area (Å²) >= 11 is 0. The summed E-state index contributed by atoms with van der Waals surface area (Å²) in [4.78, 5) is 56.2. The number of alkyl halides is 4. The fraction of sp³-hybridized carbons (Fsp3) is 0.633. The lowest BCUT2D eigenvalue weighted by Crippen LogP contribution is -2.61. The number of hydrogen-bond donors (Lipinski definition) is 2. The maximum absolute atomic E-state index is 15.1. The second-order valence-corrected chi connectivity index (χ2v) is 13.9. The van der Waals surface area contributed by atoms with Crippen molar-refractivity contribution in [3.05, 3.63) is 29.6 Å². The Morgan fingerprint density at radius 2 is 1.84 bits per heavy atom. The van der Waals surface area contributed by atoms with Crippen LogP contribution in [0.5, 0.6) is 0 Å². The SMILES string of the molecule is CC(C)(C)C(NC(=O)C(F)(F)F)C(=O)N1CC2C3CC(F)C(C3)C2C1C(=O)N1CC2(CC1C#N)C(=O)Nc1c(F)cccc12. The average Bonchev–Trinajstić information content (AvgIpc) is 3.73. The number of para-hydroxylation sites is 1. The van der Waals surface area contributed by atoms with E-state index >= 15 is 4.39 Å². The molecule has 2 bridgehead atoms. The summed E-state index contributed by atoms with van der Waals surface area (Å²) in [5.74, 6) is -6.87. The molecule has 0 aromatic heterocycles. The Labute approximate surface area is 250 Å². The van der Waals surface area contributed by atoms with Gasteiger partial charge in [0.1, 0.15) is 30.1 Å². The van der Waals surface area contributed by atoms with Crippen LogP contribution >= 0.6 is 0 Å². The van der Waals surface area contributed by atoms with Gasteiger partial charge in [-0.25, -0.2) is 8.78 Å². The third-order valence-corrected chi connectivity index (χ3v) is 10.4. The molecule has 3 aliphatic heterocycles. The number of anilines is 1. The van der Waals surface area contributed by atoms with E-state index in [0.29, 0.717) is 12.0 Å². The zero-order valence-corrected chi connectivity index (χ0v) is 24.3. The fourth-order valence-corrected chi connectivity index (χ4v) is 8.46. The molecule has 44 heavy (non-hydrogen) atoms. The minimum atomic E-state index is -5.26. The molecule has 0 radical (unpaired) electrons. The Morgan fingerprint density at radius 3 is 2.48 bits per heavy atom. The van der Waals surface area contributed by atoms with Gasteiger partial charge in [0.2, 0.25) is 17.7 Å². The largest absolute Gasteiger partial charge is 0.471 e. The van der Waals surface area contributed by atoms with Crippen molar-refractivity contribution >= 4 is 29.3 Å². The van der Waals surface area contributed by atoms with Gasteiger partial charge in [-0.05, 0) is 53.6 Å². The molecule has 9 atom stereocenters. The molecular formula is C30H32F5N5O4. The van der Waals surface area contributed by atoms with Crippen molar-refractivity contribution in [3.8, 4) is 6.07 Å². The number of carbonyl (C=O) groups is 4. The molecule has 236 valence electrons.